The first-order valence-corrected chi connectivity index (χ1v) is 6.47. The summed E-state index contributed by atoms with van der Waals surface area (Å²) in [5.41, 5.74) is 10.7. The topological polar surface area (TPSA) is 53.1 Å². The van der Waals surface area contributed by atoms with Gasteiger partial charge in [-0.25, -0.2) is 0 Å². The van der Waals surface area contributed by atoms with Crippen LogP contribution in [0.5, 0.6) is 5.75 Å². The van der Waals surface area contributed by atoms with Gasteiger partial charge in [0.2, 0.25) is 0 Å². The summed E-state index contributed by atoms with van der Waals surface area (Å²) >= 11 is 0. The first kappa shape index (κ1) is 12.5. The maximum Gasteiger partial charge on any atom is 0.128 e. The number of methoxy groups -OCH3 is 1. The third-order valence-electron chi connectivity index (χ3n) is 3.74. The zero-order valence-electron chi connectivity index (χ0n) is 11.8. The maximum absolute atomic E-state index is 5.72. The van der Waals surface area contributed by atoms with E-state index in [9.17, 15) is 0 Å². The van der Waals surface area contributed by atoms with Crippen LogP contribution in [-0.2, 0) is 7.05 Å². The van der Waals surface area contributed by atoms with Crippen LogP contribution in [0.1, 0.15) is 5.69 Å². The van der Waals surface area contributed by atoms with E-state index in [0.29, 0.717) is 5.69 Å². The molecule has 0 spiro atoms. The van der Waals surface area contributed by atoms with E-state index in [0.717, 1.165) is 33.6 Å². The highest BCUT2D eigenvalue weighted by Gasteiger charge is 2.17. The number of rotatable bonds is 2. The fraction of sp³-hybridized carbons (Fsp3) is 0.188. The average molecular weight is 267 g/mol. The lowest BCUT2D eigenvalue weighted by molar-refractivity contribution is 0.420. The van der Waals surface area contributed by atoms with Gasteiger partial charge in [0.15, 0.2) is 0 Å². The van der Waals surface area contributed by atoms with Gasteiger partial charge in [-0.05, 0) is 31.2 Å². The van der Waals surface area contributed by atoms with Crippen LogP contribution in [0.25, 0.3) is 22.2 Å². The average Bonchev–Trinajstić information content (AvgIpc) is 2.73. The predicted molar refractivity (Wildman–Crippen MR) is 81.9 cm³/mol. The number of pyridine rings is 1. The molecule has 2 heterocycles. The molecule has 0 saturated heterocycles. The number of anilines is 1. The van der Waals surface area contributed by atoms with Crippen molar-refractivity contribution in [2.45, 2.75) is 6.92 Å². The monoisotopic (exact) mass is 267 g/mol. The minimum Gasteiger partial charge on any atom is -0.496 e. The molecule has 3 aromatic rings. The Hall–Kier alpha value is -2.49. The van der Waals surface area contributed by atoms with Crippen molar-refractivity contribution < 1.29 is 4.74 Å². The van der Waals surface area contributed by atoms with Gasteiger partial charge in [0.05, 0.1) is 35.6 Å². The first-order valence-electron chi connectivity index (χ1n) is 6.47. The molecular formula is C16H17N3O. The van der Waals surface area contributed by atoms with Gasteiger partial charge in [-0.1, -0.05) is 6.07 Å². The van der Waals surface area contributed by atoms with Crippen LogP contribution in [0, 0.1) is 6.92 Å². The maximum atomic E-state index is 5.72. The predicted octanol–water partition coefficient (Wildman–Crippen LogP) is 3.14. The van der Waals surface area contributed by atoms with Crippen LogP contribution in [0.3, 0.4) is 0 Å². The van der Waals surface area contributed by atoms with E-state index in [2.05, 4.69) is 29.6 Å². The van der Waals surface area contributed by atoms with Crippen LogP contribution >= 0.6 is 0 Å². The molecule has 2 N–H and O–H groups in total. The Bertz CT molecular complexity index is 773. The number of hydrogen-bond donors (Lipinski definition) is 1. The molecule has 0 aliphatic heterocycles. The summed E-state index contributed by atoms with van der Waals surface area (Å²) in [4.78, 5) is 4.45. The molecule has 4 nitrogen and oxygen atoms in total. The lowest BCUT2D eigenvalue weighted by Gasteiger charge is -2.05. The van der Waals surface area contributed by atoms with Gasteiger partial charge in [0, 0.05) is 18.3 Å². The number of aromatic nitrogens is 2. The molecule has 4 heteroatoms. The fourth-order valence-corrected chi connectivity index (χ4v) is 2.62. The highest BCUT2D eigenvalue weighted by atomic mass is 16.5. The molecule has 2 aromatic heterocycles. The highest BCUT2D eigenvalue weighted by molar-refractivity contribution is 6.01. The molecule has 0 saturated carbocycles. The molecule has 0 fully saturated rings. The summed E-state index contributed by atoms with van der Waals surface area (Å²) < 4.78 is 7.67. The summed E-state index contributed by atoms with van der Waals surface area (Å²) in [6, 6.07) is 9.88. The van der Waals surface area contributed by atoms with E-state index in [1.54, 1.807) is 13.3 Å². The lowest BCUT2D eigenvalue weighted by atomic mass is 10.1. The minimum atomic E-state index is 0.665. The van der Waals surface area contributed by atoms with Crippen LogP contribution < -0.4 is 10.5 Å². The van der Waals surface area contributed by atoms with Crippen molar-refractivity contribution in [3.05, 3.63) is 42.2 Å². The molecule has 0 bridgehead atoms. The van der Waals surface area contributed by atoms with Gasteiger partial charge in [0.25, 0.3) is 0 Å². The minimum absolute atomic E-state index is 0.665. The van der Waals surface area contributed by atoms with E-state index in [1.807, 2.05) is 24.3 Å². The van der Waals surface area contributed by atoms with Crippen LogP contribution in [0.2, 0.25) is 0 Å². The van der Waals surface area contributed by atoms with Crippen molar-refractivity contribution in [1.29, 1.82) is 0 Å². The van der Waals surface area contributed by atoms with Crippen molar-refractivity contribution in [1.82, 2.24) is 9.55 Å². The largest absolute Gasteiger partial charge is 0.496 e. The molecule has 0 aliphatic rings. The van der Waals surface area contributed by atoms with Gasteiger partial charge in [-0.3, -0.25) is 4.98 Å². The zero-order chi connectivity index (χ0) is 14.3. The molecule has 0 aliphatic carbocycles. The number of nitrogens with two attached hydrogens (primary N) is 1. The Kier molecular flexibility index (Phi) is 2.86. The molecule has 0 amide bonds. The van der Waals surface area contributed by atoms with Crippen molar-refractivity contribution in [3.63, 3.8) is 0 Å². The molecule has 0 atom stereocenters. The van der Waals surface area contributed by atoms with Crippen molar-refractivity contribution in [2.24, 2.45) is 7.05 Å². The third-order valence-corrected chi connectivity index (χ3v) is 3.74. The number of nitrogen functional groups attached to an aromatic ring is 1. The summed E-state index contributed by atoms with van der Waals surface area (Å²) in [6.45, 7) is 2.09. The van der Waals surface area contributed by atoms with E-state index in [1.165, 1.54) is 0 Å². The molecule has 1 aromatic carbocycles. The molecule has 0 unspecified atom stereocenters. The Morgan fingerprint density at radius 1 is 1.20 bits per heavy atom. The summed E-state index contributed by atoms with van der Waals surface area (Å²) in [6.07, 6.45) is 1.68. The number of ether oxygens (including phenoxy) is 1. The Balaban J connectivity index is 2.40. The van der Waals surface area contributed by atoms with Gasteiger partial charge >= 0.3 is 0 Å². The van der Waals surface area contributed by atoms with E-state index in [4.69, 9.17) is 10.5 Å². The second-order valence-corrected chi connectivity index (χ2v) is 4.85. The number of aryl methyl sites for hydroxylation is 1. The SMILES string of the molecule is COc1cccc2c1c(-c1ccc(N)cn1)c(C)n2C. The van der Waals surface area contributed by atoms with Gasteiger partial charge in [-0.2, -0.15) is 0 Å². The van der Waals surface area contributed by atoms with Crippen molar-refractivity contribution in [3.8, 4) is 17.0 Å². The Morgan fingerprint density at radius 3 is 2.65 bits per heavy atom. The molecule has 102 valence electrons. The molecule has 0 radical (unpaired) electrons. The fourth-order valence-electron chi connectivity index (χ4n) is 2.62. The standard InChI is InChI=1S/C16H17N3O/c1-10-15(12-8-7-11(17)9-18-12)16-13(19(10)2)5-4-6-14(16)20-3/h4-9H,17H2,1-3H3. The molecule has 3 rings (SSSR count). The van der Waals surface area contributed by atoms with Crippen LogP contribution in [0.4, 0.5) is 5.69 Å². The molecule has 20 heavy (non-hydrogen) atoms. The second-order valence-electron chi connectivity index (χ2n) is 4.85. The normalized spacial score (nSPS) is 10.9. The van der Waals surface area contributed by atoms with Crippen molar-refractivity contribution >= 4 is 16.6 Å². The summed E-state index contributed by atoms with van der Waals surface area (Å²) in [5, 5.41) is 1.09. The zero-order valence-corrected chi connectivity index (χ0v) is 11.8. The first-order chi connectivity index (χ1) is 9.63. The summed E-state index contributed by atoms with van der Waals surface area (Å²) in [7, 11) is 3.75. The summed E-state index contributed by atoms with van der Waals surface area (Å²) in [5.74, 6) is 0.861. The number of hydrogen-bond acceptors (Lipinski definition) is 3. The highest BCUT2D eigenvalue weighted by Crippen LogP contribution is 2.38. The van der Waals surface area contributed by atoms with Crippen LogP contribution in [-0.4, -0.2) is 16.7 Å². The number of benzene rings is 1. The number of fused-ring (bicyclic) bond motifs is 1. The Morgan fingerprint density at radius 2 is 2.00 bits per heavy atom. The number of nitrogens with zero attached hydrogens (tertiary/aromatic N) is 2. The van der Waals surface area contributed by atoms with Gasteiger partial charge in [0.1, 0.15) is 5.75 Å². The Labute approximate surface area is 117 Å². The second kappa shape index (κ2) is 4.56. The van der Waals surface area contributed by atoms with E-state index in [-0.39, 0.29) is 0 Å². The van der Waals surface area contributed by atoms with E-state index >= 15 is 0 Å². The lowest BCUT2D eigenvalue weighted by Crippen LogP contribution is -1.92. The van der Waals surface area contributed by atoms with Crippen molar-refractivity contribution in [2.75, 3.05) is 12.8 Å². The smallest absolute Gasteiger partial charge is 0.128 e. The third kappa shape index (κ3) is 1.72. The molecular weight excluding hydrogens is 250 g/mol. The van der Waals surface area contributed by atoms with Gasteiger partial charge in [-0.15, -0.1) is 0 Å². The van der Waals surface area contributed by atoms with E-state index < -0.39 is 0 Å². The van der Waals surface area contributed by atoms with Crippen LogP contribution in [0.15, 0.2) is 36.5 Å². The quantitative estimate of drug-likeness (QED) is 0.776. The van der Waals surface area contributed by atoms with Gasteiger partial charge < -0.3 is 15.0 Å².